The largest absolute Gasteiger partial charge is 0.357 e. The second-order valence-electron chi connectivity index (χ2n) is 5.11. The van der Waals surface area contributed by atoms with Crippen LogP contribution in [0.25, 0.3) is 0 Å². The molecule has 1 heterocycles. The number of benzene rings is 1. The molecule has 1 fully saturated rings. The Kier molecular flexibility index (Phi) is 5.00. The summed E-state index contributed by atoms with van der Waals surface area (Å²) in [7, 11) is 0. The molecule has 1 aliphatic carbocycles. The maximum atomic E-state index is 12.0. The number of thioether (sulfide) groups is 1. The molecule has 1 aliphatic rings. The summed E-state index contributed by atoms with van der Waals surface area (Å²) in [6.45, 7) is 2.01. The highest BCUT2D eigenvalue weighted by Crippen LogP contribution is 2.30. The Balaban J connectivity index is 1.50. The first-order chi connectivity index (χ1) is 10.6. The van der Waals surface area contributed by atoms with Crippen molar-refractivity contribution in [3.05, 3.63) is 28.2 Å². The van der Waals surface area contributed by atoms with Gasteiger partial charge >= 0.3 is 0 Å². The van der Waals surface area contributed by atoms with Crippen molar-refractivity contribution in [2.75, 3.05) is 16.4 Å². The van der Waals surface area contributed by atoms with E-state index in [9.17, 15) is 4.79 Å². The lowest BCUT2D eigenvalue weighted by atomic mass is 10.2. The number of carbonyl (C=O) groups excluding carboxylic acids is 1. The maximum Gasteiger partial charge on any atom is 0.234 e. The third-order valence-electron chi connectivity index (χ3n) is 3.04. The molecule has 1 aromatic carbocycles. The summed E-state index contributed by atoms with van der Waals surface area (Å²) in [5, 5.41) is 15.2. The van der Waals surface area contributed by atoms with Gasteiger partial charge in [0.1, 0.15) is 0 Å². The number of halogens is 1. The number of aromatic nitrogens is 2. The van der Waals surface area contributed by atoms with E-state index in [1.165, 1.54) is 35.9 Å². The van der Waals surface area contributed by atoms with Gasteiger partial charge in [0.15, 0.2) is 4.34 Å². The lowest BCUT2D eigenvalue weighted by Gasteiger charge is -2.07. The van der Waals surface area contributed by atoms with E-state index in [1.807, 2.05) is 25.1 Å². The highest BCUT2D eigenvalue weighted by molar-refractivity contribution is 9.10. The second-order valence-corrected chi connectivity index (χ2v) is 8.17. The molecule has 5 nitrogen and oxygen atoms in total. The molecule has 0 atom stereocenters. The van der Waals surface area contributed by atoms with E-state index in [2.05, 4.69) is 36.8 Å². The molecule has 116 valence electrons. The summed E-state index contributed by atoms with van der Waals surface area (Å²) < 4.78 is 1.69. The van der Waals surface area contributed by atoms with Crippen LogP contribution in [0.2, 0.25) is 0 Å². The highest BCUT2D eigenvalue weighted by Gasteiger charge is 2.22. The molecular formula is C14H15BrN4OS2. The zero-order valence-corrected chi connectivity index (χ0v) is 15.1. The van der Waals surface area contributed by atoms with Crippen molar-refractivity contribution < 1.29 is 4.79 Å². The van der Waals surface area contributed by atoms with Crippen molar-refractivity contribution in [2.24, 2.45) is 0 Å². The third kappa shape index (κ3) is 4.44. The zero-order chi connectivity index (χ0) is 15.5. The number of aryl methyl sites for hydroxylation is 1. The maximum absolute atomic E-state index is 12.0. The molecule has 3 rings (SSSR count). The van der Waals surface area contributed by atoms with Crippen LogP contribution < -0.4 is 10.6 Å². The number of hydrogen-bond donors (Lipinski definition) is 2. The van der Waals surface area contributed by atoms with Gasteiger partial charge in [0, 0.05) is 10.5 Å². The van der Waals surface area contributed by atoms with Crippen molar-refractivity contribution in [3.63, 3.8) is 0 Å². The van der Waals surface area contributed by atoms with Crippen molar-refractivity contribution in [1.29, 1.82) is 0 Å². The van der Waals surface area contributed by atoms with E-state index in [0.717, 1.165) is 25.2 Å². The van der Waals surface area contributed by atoms with E-state index in [4.69, 9.17) is 0 Å². The smallest absolute Gasteiger partial charge is 0.234 e. The molecule has 1 amide bonds. The lowest BCUT2D eigenvalue weighted by Crippen LogP contribution is -2.14. The van der Waals surface area contributed by atoms with Crippen molar-refractivity contribution in [1.82, 2.24) is 10.2 Å². The summed E-state index contributed by atoms with van der Waals surface area (Å²) in [5.74, 6) is 0.264. The summed E-state index contributed by atoms with van der Waals surface area (Å²) >= 11 is 6.35. The molecule has 1 aromatic heterocycles. The minimum atomic E-state index is -0.0542. The average molecular weight is 399 g/mol. The lowest BCUT2D eigenvalue weighted by molar-refractivity contribution is -0.113. The fraction of sp³-hybridized carbons (Fsp3) is 0.357. The highest BCUT2D eigenvalue weighted by atomic mass is 79.9. The number of amides is 1. The Labute approximate surface area is 145 Å². The van der Waals surface area contributed by atoms with Crippen LogP contribution in [0.15, 0.2) is 27.0 Å². The minimum absolute atomic E-state index is 0.0542. The van der Waals surface area contributed by atoms with Crippen LogP contribution in [0.1, 0.15) is 18.4 Å². The number of nitrogens with zero attached hydrogens (tertiary/aromatic N) is 2. The van der Waals surface area contributed by atoms with E-state index in [0.29, 0.717) is 11.8 Å². The molecule has 22 heavy (non-hydrogen) atoms. The normalized spacial score (nSPS) is 13.9. The molecule has 0 saturated heterocycles. The van der Waals surface area contributed by atoms with Gasteiger partial charge in [0.05, 0.1) is 11.4 Å². The van der Waals surface area contributed by atoms with Gasteiger partial charge < -0.3 is 10.6 Å². The van der Waals surface area contributed by atoms with Crippen LogP contribution in [0.4, 0.5) is 10.8 Å². The van der Waals surface area contributed by atoms with Crippen LogP contribution in [0.5, 0.6) is 0 Å². The Morgan fingerprint density at radius 1 is 1.45 bits per heavy atom. The predicted octanol–water partition coefficient (Wildman–Crippen LogP) is 3.91. The van der Waals surface area contributed by atoms with Gasteiger partial charge in [-0.3, -0.25) is 4.79 Å². The summed E-state index contributed by atoms with van der Waals surface area (Å²) in [6, 6.07) is 6.40. The van der Waals surface area contributed by atoms with Crippen LogP contribution in [0, 0.1) is 6.92 Å². The zero-order valence-electron chi connectivity index (χ0n) is 11.9. The van der Waals surface area contributed by atoms with Gasteiger partial charge in [-0.2, -0.15) is 0 Å². The number of rotatable bonds is 6. The number of carbonyl (C=O) groups is 1. The first-order valence-corrected chi connectivity index (χ1v) is 9.48. The monoisotopic (exact) mass is 398 g/mol. The van der Waals surface area contributed by atoms with Crippen molar-refractivity contribution >= 4 is 55.8 Å². The van der Waals surface area contributed by atoms with Gasteiger partial charge in [0.2, 0.25) is 11.0 Å². The van der Waals surface area contributed by atoms with Crippen LogP contribution in [0.3, 0.4) is 0 Å². The second kappa shape index (κ2) is 6.97. The van der Waals surface area contributed by atoms with Crippen LogP contribution in [-0.2, 0) is 4.79 Å². The number of anilines is 2. The molecule has 0 radical (unpaired) electrons. The Bertz CT molecular complexity index is 687. The standard InChI is InChI=1S/C14H15BrN4OS2/c1-8-2-5-11(10(15)6-8)17-12(20)7-21-14-19-18-13(22-14)16-9-3-4-9/h2,5-6,9H,3-4,7H2,1H3,(H,16,18)(H,17,20). The van der Waals surface area contributed by atoms with Gasteiger partial charge in [-0.25, -0.2) is 0 Å². The van der Waals surface area contributed by atoms with E-state index in [-0.39, 0.29) is 5.91 Å². The summed E-state index contributed by atoms with van der Waals surface area (Å²) in [4.78, 5) is 12.0. The molecule has 0 unspecified atom stereocenters. The number of hydrogen-bond acceptors (Lipinski definition) is 6. The third-order valence-corrected chi connectivity index (χ3v) is 5.68. The molecule has 2 aromatic rings. The Hall–Kier alpha value is -1.12. The van der Waals surface area contributed by atoms with E-state index < -0.39 is 0 Å². The molecule has 0 bridgehead atoms. The van der Waals surface area contributed by atoms with E-state index >= 15 is 0 Å². The molecule has 0 spiro atoms. The quantitative estimate of drug-likeness (QED) is 0.721. The SMILES string of the molecule is Cc1ccc(NC(=O)CSc2nnc(NC3CC3)s2)c(Br)c1. The number of nitrogens with one attached hydrogen (secondary N) is 2. The Morgan fingerprint density at radius 2 is 2.27 bits per heavy atom. The topological polar surface area (TPSA) is 66.9 Å². The molecule has 2 N–H and O–H groups in total. The van der Waals surface area contributed by atoms with Crippen molar-refractivity contribution in [2.45, 2.75) is 30.1 Å². The fourth-order valence-electron chi connectivity index (χ4n) is 1.76. The van der Waals surface area contributed by atoms with Gasteiger partial charge in [-0.1, -0.05) is 29.2 Å². The molecule has 1 saturated carbocycles. The van der Waals surface area contributed by atoms with Gasteiger partial charge in [0.25, 0.3) is 0 Å². The molecule has 0 aliphatic heterocycles. The molecular weight excluding hydrogens is 384 g/mol. The van der Waals surface area contributed by atoms with Crippen molar-refractivity contribution in [3.8, 4) is 0 Å². The fourth-order valence-corrected chi connectivity index (χ4v) is 3.99. The predicted molar refractivity (Wildman–Crippen MR) is 94.8 cm³/mol. The van der Waals surface area contributed by atoms with Crippen LogP contribution in [-0.4, -0.2) is 27.9 Å². The van der Waals surface area contributed by atoms with Gasteiger partial charge in [-0.15, -0.1) is 10.2 Å². The minimum Gasteiger partial charge on any atom is -0.357 e. The van der Waals surface area contributed by atoms with E-state index in [1.54, 1.807) is 0 Å². The summed E-state index contributed by atoms with van der Waals surface area (Å²) in [6.07, 6.45) is 2.41. The Morgan fingerprint density at radius 3 is 3.00 bits per heavy atom. The van der Waals surface area contributed by atoms with Crippen LogP contribution >= 0.6 is 39.0 Å². The van der Waals surface area contributed by atoms with Gasteiger partial charge in [-0.05, 0) is 53.4 Å². The average Bonchev–Trinajstić information content (AvgIpc) is 3.17. The first-order valence-electron chi connectivity index (χ1n) is 6.89. The molecule has 8 heteroatoms. The first kappa shape index (κ1) is 15.8. The summed E-state index contributed by atoms with van der Waals surface area (Å²) in [5.41, 5.74) is 1.92.